The summed E-state index contributed by atoms with van der Waals surface area (Å²) < 4.78 is 0. The van der Waals surface area contributed by atoms with E-state index in [0.717, 1.165) is 10.9 Å². The average molecular weight is 241 g/mol. The van der Waals surface area contributed by atoms with Crippen molar-refractivity contribution in [1.82, 2.24) is 9.97 Å². The van der Waals surface area contributed by atoms with E-state index in [-0.39, 0.29) is 17.3 Å². The van der Waals surface area contributed by atoms with E-state index in [1.807, 2.05) is 27.7 Å². The van der Waals surface area contributed by atoms with Crippen LogP contribution in [0.15, 0.2) is 11.1 Å². The lowest BCUT2D eigenvalue weighted by molar-refractivity contribution is 0.300. The van der Waals surface area contributed by atoms with Crippen LogP contribution in [0.25, 0.3) is 0 Å². The molecule has 0 aliphatic heterocycles. The summed E-state index contributed by atoms with van der Waals surface area (Å²) in [7, 11) is 0. The molecule has 0 aliphatic carbocycles. The molecule has 16 heavy (non-hydrogen) atoms. The second-order valence-corrected chi connectivity index (χ2v) is 6.27. The van der Waals surface area contributed by atoms with E-state index in [4.69, 9.17) is 10.8 Å². The van der Waals surface area contributed by atoms with E-state index < -0.39 is 0 Å². The van der Waals surface area contributed by atoms with Gasteiger partial charge in [0, 0.05) is 16.7 Å². The number of aliphatic hydroxyl groups is 1. The first-order valence-corrected chi connectivity index (χ1v) is 6.13. The third kappa shape index (κ3) is 3.64. The molecule has 0 amide bonds. The van der Waals surface area contributed by atoms with Crippen molar-refractivity contribution in [2.24, 2.45) is 0 Å². The van der Waals surface area contributed by atoms with Crippen LogP contribution in [0.3, 0.4) is 0 Å². The number of hydrogen-bond acceptors (Lipinski definition) is 5. The smallest absolute Gasteiger partial charge is 0.137 e. The molecule has 1 aromatic heterocycles. The summed E-state index contributed by atoms with van der Waals surface area (Å²) in [4.78, 5) is 8.68. The van der Waals surface area contributed by atoms with Gasteiger partial charge in [0.15, 0.2) is 0 Å². The molecule has 1 rings (SSSR count). The van der Waals surface area contributed by atoms with Gasteiger partial charge in [-0.25, -0.2) is 9.97 Å². The monoisotopic (exact) mass is 241 g/mol. The quantitative estimate of drug-likeness (QED) is 0.624. The highest BCUT2D eigenvalue weighted by atomic mass is 32.2. The SMILES string of the molecule is CC(CO)Sc1cc(N)nc(C(C)(C)C)n1. The Labute approximate surface area is 101 Å². The van der Waals surface area contributed by atoms with Gasteiger partial charge in [-0.3, -0.25) is 0 Å². The molecule has 0 aliphatic rings. The minimum absolute atomic E-state index is 0.113. The lowest BCUT2D eigenvalue weighted by Gasteiger charge is -2.18. The van der Waals surface area contributed by atoms with Gasteiger partial charge < -0.3 is 10.8 Å². The number of rotatable bonds is 3. The van der Waals surface area contributed by atoms with Crippen molar-refractivity contribution < 1.29 is 5.11 Å². The number of nitrogens with zero attached hydrogens (tertiary/aromatic N) is 2. The van der Waals surface area contributed by atoms with Gasteiger partial charge in [-0.1, -0.05) is 27.7 Å². The van der Waals surface area contributed by atoms with Gasteiger partial charge in [0.2, 0.25) is 0 Å². The summed E-state index contributed by atoms with van der Waals surface area (Å²) in [6.45, 7) is 8.21. The minimum Gasteiger partial charge on any atom is -0.395 e. The molecule has 0 saturated carbocycles. The Morgan fingerprint density at radius 1 is 1.44 bits per heavy atom. The molecule has 0 bridgehead atoms. The fourth-order valence-corrected chi connectivity index (χ4v) is 1.90. The maximum atomic E-state index is 9.00. The highest BCUT2D eigenvalue weighted by Crippen LogP contribution is 2.26. The lowest BCUT2D eigenvalue weighted by Crippen LogP contribution is -2.17. The van der Waals surface area contributed by atoms with E-state index in [9.17, 15) is 0 Å². The molecule has 0 fully saturated rings. The van der Waals surface area contributed by atoms with Crippen LogP contribution >= 0.6 is 11.8 Å². The molecular weight excluding hydrogens is 222 g/mol. The zero-order valence-electron chi connectivity index (χ0n) is 10.2. The second-order valence-electron chi connectivity index (χ2n) is 4.82. The van der Waals surface area contributed by atoms with Gasteiger partial charge in [0.1, 0.15) is 16.7 Å². The Morgan fingerprint density at radius 3 is 2.56 bits per heavy atom. The standard InChI is InChI=1S/C11H19N3OS/c1-7(6-15)16-9-5-8(12)13-10(14-9)11(2,3)4/h5,7,15H,6H2,1-4H3,(H2,12,13,14). The Kier molecular flexibility index (Phi) is 4.15. The summed E-state index contributed by atoms with van der Waals surface area (Å²) in [5.41, 5.74) is 5.63. The molecule has 0 aromatic carbocycles. The van der Waals surface area contributed by atoms with Crippen molar-refractivity contribution >= 4 is 17.6 Å². The molecule has 0 spiro atoms. The first-order chi connectivity index (χ1) is 7.32. The number of hydrogen-bond donors (Lipinski definition) is 2. The first kappa shape index (κ1) is 13.3. The first-order valence-electron chi connectivity index (χ1n) is 5.25. The fourth-order valence-electron chi connectivity index (χ4n) is 1.08. The molecule has 0 radical (unpaired) electrons. The summed E-state index contributed by atoms with van der Waals surface area (Å²) >= 11 is 1.51. The molecule has 1 aromatic rings. The van der Waals surface area contributed by atoms with Gasteiger partial charge >= 0.3 is 0 Å². The predicted molar refractivity (Wildman–Crippen MR) is 67.5 cm³/mol. The second kappa shape index (κ2) is 5.01. The van der Waals surface area contributed by atoms with Crippen molar-refractivity contribution in [2.75, 3.05) is 12.3 Å². The van der Waals surface area contributed by atoms with Gasteiger partial charge in [0.05, 0.1) is 6.61 Å². The number of anilines is 1. The Bertz CT molecular complexity index is 363. The molecule has 1 heterocycles. The summed E-state index contributed by atoms with van der Waals surface area (Å²) in [5, 5.41) is 9.93. The maximum absolute atomic E-state index is 9.00. The topological polar surface area (TPSA) is 72.0 Å². The predicted octanol–water partition coefficient (Wildman–Crippen LogP) is 1.83. The fraction of sp³-hybridized carbons (Fsp3) is 0.636. The van der Waals surface area contributed by atoms with E-state index >= 15 is 0 Å². The van der Waals surface area contributed by atoms with Crippen LogP contribution in [0.5, 0.6) is 0 Å². The van der Waals surface area contributed by atoms with E-state index in [1.165, 1.54) is 11.8 Å². The summed E-state index contributed by atoms with van der Waals surface area (Å²) in [5.74, 6) is 1.22. The molecule has 4 nitrogen and oxygen atoms in total. The van der Waals surface area contributed by atoms with Crippen LogP contribution < -0.4 is 5.73 Å². The third-order valence-corrected chi connectivity index (χ3v) is 2.97. The summed E-state index contributed by atoms with van der Waals surface area (Å²) in [6.07, 6.45) is 0. The van der Waals surface area contributed by atoms with Crippen LogP contribution in [0.1, 0.15) is 33.5 Å². The normalized spacial score (nSPS) is 13.8. The van der Waals surface area contributed by atoms with Crippen LogP contribution in [0.2, 0.25) is 0 Å². The van der Waals surface area contributed by atoms with Crippen molar-refractivity contribution in [1.29, 1.82) is 0 Å². The zero-order valence-corrected chi connectivity index (χ0v) is 11.0. The number of thioether (sulfide) groups is 1. The molecule has 5 heteroatoms. The van der Waals surface area contributed by atoms with Crippen molar-refractivity contribution in [3.8, 4) is 0 Å². The Balaban J connectivity index is 2.99. The number of aromatic nitrogens is 2. The molecule has 3 N–H and O–H groups in total. The van der Waals surface area contributed by atoms with Crippen LogP contribution in [0, 0.1) is 0 Å². The maximum Gasteiger partial charge on any atom is 0.137 e. The molecule has 1 unspecified atom stereocenters. The van der Waals surface area contributed by atoms with Crippen molar-refractivity contribution in [3.63, 3.8) is 0 Å². The zero-order chi connectivity index (χ0) is 12.3. The molecule has 90 valence electrons. The van der Waals surface area contributed by atoms with E-state index in [0.29, 0.717) is 5.82 Å². The van der Waals surface area contributed by atoms with E-state index in [2.05, 4.69) is 9.97 Å². The molecule has 1 atom stereocenters. The number of nitrogens with two attached hydrogens (primary N) is 1. The number of aliphatic hydroxyl groups excluding tert-OH is 1. The summed E-state index contributed by atoms with van der Waals surface area (Å²) in [6, 6.07) is 1.74. The lowest BCUT2D eigenvalue weighted by atomic mass is 9.96. The van der Waals surface area contributed by atoms with Crippen molar-refractivity contribution in [3.05, 3.63) is 11.9 Å². The van der Waals surface area contributed by atoms with Gasteiger partial charge in [-0.05, 0) is 0 Å². The van der Waals surface area contributed by atoms with Gasteiger partial charge in [-0.15, -0.1) is 11.8 Å². The van der Waals surface area contributed by atoms with Crippen LogP contribution in [0.4, 0.5) is 5.82 Å². The van der Waals surface area contributed by atoms with Gasteiger partial charge in [-0.2, -0.15) is 0 Å². The van der Waals surface area contributed by atoms with Crippen LogP contribution in [-0.2, 0) is 5.41 Å². The Hall–Kier alpha value is -0.810. The molecule has 0 saturated heterocycles. The average Bonchev–Trinajstić information content (AvgIpc) is 2.15. The minimum atomic E-state index is -0.118. The van der Waals surface area contributed by atoms with Gasteiger partial charge in [0.25, 0.3) is 0 Å². The van der Waals surface area contributed by atoms with Crippen LogP contribution in [-0.4, -0.2) is 26.9 Å². The Morgan fingerprint density at radius 2 is 2.06 bits per heavy atom. The highest BCUT2D eigenvalue weighted by Gasteiger charge is 2.19. The van der Waals surface area contributed by atoms with Crippen molar-refractivity contribution in [2.45, 2.75) is 43.4 Å². The number of nitrogen functional groups attached to an aromatic ring is 1. The largest absolute Gasteiger partial charge is 0.395 e. The van der Waals surface area contributed by atoms with E-state index in [1.54, 1.807) is 6.07 Å². The highest BCUT2D eigenvalue weighted by molar-refractivity contribution is 7.99. The third-order valence-electron chi connectivity index (χ3n) is 1.97. The molecular formula is C11H19N3OS.